The first-order chi connectivity index (χ1) is 15.3. The van der Waals surface area contributed by atoms with Gasteiger partial charge in [-0.3, -0.25) is 9.10 Å². The maximum Gasteiger partial charge on any atom is 0.264 e. The summed E-state index contributed by atoms with van der Waals surface area (Å²) in [6, 6.07) is 22.3. The number of methoxy groups -OCH3 is 1. The standard InChI is InChI=1S/C24H25N3O4S/c1-18-13-15-20(16-14-18)19(2)25-26-24(28)17-27(22-11-7-8-12-23(22)31-3)32(29,30)21-9-5-4-6-10-21/h4-16H,17H2,1-3H3,(H,26,28)/b25-19-. The number of ether oxygens (including phenoxy) is 1. The van der Waals surface area contributed by atoms with Gasteiger partial charge in [-0.05, 0) is 43.7 Å². The van der Waals surface area contributed by atoms with Crippen LogP contribution < -0.4 is 14.5 Å². The van der Waals surface area contributed by atoms with Crippen molar-refractivity contribution in [2.75, 3.05) is 18.0 Å². The van der Waals surface area contributed by atoms with E-state index in [-0.39, 0.29) is 10.6 Å². The Morgan fingerprint density at radius 3 is 2.25 bits per heavy atom. The van der Waals surface area contributed by atoms with Crippen molar-refractivity contribution >= 4 is 27.3 Å². The number of sulfonamides is 1. The number of aryl methyl sites for hydroxylation is 1. The average molecular weight is 452 g/mol. The molecule has 1 N–H and O–H groups in total. The molecule has 0 saturated carbocycles. The van der Waals surface area contributed by atoms with Crippen molar-refractivity contribution in [2.24, 2.45) is 5.10 Å². The molecule has 0 saturated heterocycles. The van der Waals surface area contributed by atoms with E-state index in [1.165, 1.54) is 19.2 Å². The summed E-state index contributed by atoms with van der Waals surface area (Å²) in [6.45, 7) is 3.28. The van der Waals surface area contributed by atoms with Crippen molar-refractivity contribution in [2.45, 2.75) is 18.7 Å². The molecule has 0 spiro atoms. The Hall–Kier alpha value is -3.65. The number of nitrogens with one attached hydrogen (secondary N) is 1. The summed E-state index contributed by atoms with van der Waals surface area (Å²) in [4.78, 5) is 12.8. The lowest BCUT2D eigenvalue weighted by molar-refractivity contribution is -0.119. The normalized spacial score (nSPS) is 11.7. The lowest BCUT2D eigenvalue weighted by Gasteiger charge is -2.25. The molecule has 0 aliphatic carbocycles. The second-order valence-corrected chi connectivity index (χ2v) is 8.96. The van der Waals surface area contributed by atoms with Crippen molar-refractivity contribution in [3.8, 4) is 5.75 Å². The van der Waals surface area contributed by atoms with Crippen LogP contribution in [0.3, 0.4) is 0 Å². The van der Waals surface area contributed by atoms with Gasteiger partial charge in [0, 0.05) is 0 Å². The molecule has 0 atom stereocenters. The van der Waals surface area contributed by atoms with Gasteiger partial charge in [-0.1, -0.05) is 60.2 Å². The monoisotopic (exact) mass is 451 g/mol. The van der Waals surface area contributed by atoms with Crippen LogP contribution in [0.15, 0.2) is 88.9 Å². The Kier molecular flexibility index (Phi) is 7.27. The average Bonchev–Trinajstić information content (AvgIpc) is 2.82. The van der Waals surface area contributed by atoms with Gasteiger partial charge in [0.25, 0.3) is 15.9 Å². The number of carbonyl (C=O) groups is 1. The molecule has 8 heteroatoms. The first-order valence-electron chi connectivity index (χ1n) is 9.94. The summed E-state index contributed by atoms with van der Waals surface area (Å²) in [7, 11) is -2.59. The first-order valence-corrected chi connectivity index (χ1v) is 11.4. The van der Waals surface area contributed by atoms with Gasteiger partial charge in [0.05, 0.1) is 23.4 Å². The van der Waals surface area contributed by atoms with Crippen LogP contribution in [-0.4, -0.2) is 33.7 Å². The third-order valence-electron chi connectivity index (χ3n) is 4.79. The molecule has 0 heterocycles. The number of benzene rings is 3. The predicted octanol–water partition coefficient (Wildman–Crippen LogP) is 3.74. The molecular weight excluding hydrogens is 426 g/mol. The number of nitrogens with zero attached hydrogens (tertiary/aromatic N) is 2. The summed E-state index contributed by atoms with van der Waals surface area (Å²) in [6.07, 6.45) is 0. The minimum absolute atomic E-state index is 0.0676. The molecule has 3 aromatic rings. The van der Waals surface area contributed by atoms with Crippen LogP contribution in [0.25, 0.3) is 0 Å². The van der Waals surface area contributed by atoms with E-state index in [9.17, 15) is 13.2 Å². The van der Waals surface area contributed by atoms with Gasteiger partial charge in [-0.2, -0.15) is 5.10 Å². The molecule has 3 aromatic carbocycles. The highest BCUT2D eigenvalue weighted by atomic mass is 32.2. The number of para-hydroxylation sites is 2. The number of carbonyl (C=O) groups excluding carboxylic acids is 1. The zero-order valence-electron chi connectivity index (χ0n) is 18.1. The van der Waals surface area contributed by atoms with Crippen molar-refractivity contribution in [3.63, 3.8) is 0 Å². The van der Waals surface area contributed by atoms with Crippen molar-refractivity contribution in [1.82, 2.24) is 5.43 Å². The summed E-state index contributed by atoms with van der Waals surface area (Å²) in [5, 5.41) is 4.13. The van der Waals surface area contributed by atoms with E-state index in [2.05, 4.69) is 10.5 Å². The fourth-order valence-corrected chi connectivity index (χ4v) is 4.48. The van der Waals surface area contributed by atoms with Crippen LogP contribution in [0, 0.1) is 6.92 Å². The Labute approximate surface area is 188 Å². The maximum absolute atomic E-state index is 13.4. The van der Waals surface area contributed by atoms with Crippen LogP contribution in [0.1, 0.15) is 18.1 Å². The van der Waals surface area contributed by atoms with E-state index in [0.717, 1.165) is 15.4 Å². The summed E-state index contributed by atoms with van der Waals surface area (Å²) in [5.41, 5.74) is 5.29. The number of hydrazone groups is 1. The molecule has 1 amide bonds. The van der Waals surface area contributed by atoms with Crippen LogP contribution >= 0.6 is 0 Å². The fourth-order valence-electron chi connectivity index (χ4n) is 3.03. The number of anilines is 1. The molecule has 32 heavy (non-hydrogen) atoms. The van der Waals surface area contributed by atoms with Gasteiger partial charge in [-0.15, -0.1) is 0 Å². The van der Waals surface area contributed by atoms with E-state index >= 15 is 0 Å². The Morgan fingerprint density at radius 1 is 0.969 bits per heavy atom. The van der Waals surface area contributed by atoms with Gasteiger partial charge < -0.3 is 4.74 Å². The fraction of sp³-hybridized carbons (Fsp3) is 0.167. The quantitative estimate of drug-likeness (QED) is 0.417. The van der Waals surface area contributed by atoms with Gasteiger partial charge in [0.1, 0.15) is 12.3 Å². The van der Waals surface area contributed by atoms with Crippen molar-refractivity contribution in [3.05, 3.63) is 90.0 Å². The molecule has 0 unspecified atom stereocenters. The molecule has 3 rings (SSSR count). The second kappa shape index (κ2) is 10.1. The Balaban J connectivity index is 1.90. The SMILES string of the molecule is COc1ccccc1N(CC(=O)N/N=C(/C)c1ccc(C)cc1)S(=O)(=O)c1ccccc1. The van der Waals surface area contributed by atoms with Gasteiger partial charge in [0.2, 0.25) is 0 Å². The van der Waals surface area contributed by atoms with Crippen LogP contribution in [0.5, 0.6) is 5.75 Å². The second-order valence-electron chi connectivity index (χ2n) is 7.09. The van der Waals surface area contributed by atoms with Gasteiger partial charge in [-0.25, -0.2) is 13.8 Å². The van der Waals surface area contributed by atoms with Crippen LogP contribution in [0.2, 0.25) is 0 Å². The lowest BCUT2D eigenvalue weighted by atomic mass is 10.1. The van der Waals surface area contributed by atoms with Crippen LogP contribution in [-0.2, 0) is 14.8 Å². The minimum atomic E-state index is -4.03. The van der Waals surface area contributed by atoms with Gasteiger partial charge in [0.15, 0.2) is 0 Å². The number of amides is 1. The zero-order chi connectivity index (χ0) is 23.1. The smallest absolute Gasteiger partial charge is 0.264 e. The number of rotatable bonds is 8. The molecule has 0 radical (unpaired) electrons. The van der Waals surface area contributed by atoms with E-state index in [1.54, 1.807) is 49.4 Å². The first kappa shape index (κ1) is 23.0. The minimum Gasteiger partial charge on any atom is -0.495 e. The summed E-state index contributed by atoms with van der Waals surface area (Å²) in [5.74, 6) is -0.249. The van der Waals surface area contributed by atoms with E-state index in [0.29, 0.717) is 11.5 Å². The largest absolute Gasteiger partial charge is 0.495 e. The molecule has 0 aromatic heterocycles. The van der Waals surface area contributed by atoms with Crippen LogP contribution in [0.4, 0.5) is 5.69 Å². The molecule has 166 valence electrons. The maximum atomic E-state index is 13.4. The molecule has 7 nitrogen and oxygen atoms in total. The Morgan fingerprint density at radius 2 is 1.59 bits per heavy atom. The highest BCUT2D eigenvalue weighted by molar-refractivity contribution is 7.92. The molecule has 0 fully saturated rings. The molecule has 0 bridgehead atoms. The lowest BCUT2D eigenvalue weighted by Crippen LogP contribution is -2.40. The third kappa shape index (κ3) is 5.33. The predicted molar refractivity (Wildman–Crippen MR) is 126 cm³/mol. The molecular formula is C24H25N3O4S. The molecule has 0 aliphatic rings. The number of hydrogen-bond donors (Lipinski definition) is 1. The third-order valence-corrected chi connectivity index (χ3v) is 6.56. The van der Waals surface area contributed by atoms with Crippen molar-refractivity contribution < 1.29 is 17.9 Å². The van der Waals surface area contributed by atoms with Crippen molar-refractivity contribution in [1.29, 1.82) is 0 Å². The summed E-state index contributed by atoms with van der Waals surface area (Å²) >= 11 is 0. The number of hydrogen-bond acceptors (Lipinski definition) is 5. The zero-order valence-corrected chi connectivity index (χ0v) is 19.0. The van der Waals surface area contributed by atoms with E-state index < -0.39 is 22.5 Å². The summed E-state index contributed by atoms with van der Waals surface area (Å²) < 4.78 is 33.1. The topological polar surface area (TPSA) is 88.1 Å². The Bertz CT molecular complexity index is 1210. The van der Waals surface area contributed by atoms with E-state index in [4.69, 9.17) is 4.74 Å². The van der Waals surface area contributed by atoms with Gasteiger partial charge >= 0.3 is 0 Å². The highest BCUT2D eigenvalue weighted by Gasteiger charge is 2.29. The highest BCUT2D eigenvalue weighted by Crippen LogP contribution is 2.32. The van der Waals surface area contributed by atoms with E-state index in [1.807, 2.05) is 31.2 Å². The molecule has 0 aliphatic heterocycles.